The van der Waals surface area contributed by atoms with Gasteiger partial charge in [0.25, 0.3) is 5.56 Å². The average Bonchev–Trinajstić information content (AvgIpc) is 3.15. The lowest BCUT2D eigenvalue weighted by molar-refractivity contribution is 0.340. The van der Waals surface area contributed by atoms with Crippen LogP contribution in [0.1, 0.15) is 13.8 Å². The Labute approximate surface area is 166 Å². The second-order valence-electron chi connectivity index (χ2n) is 6.13. The number of nitrogens with zero attached hydrogens (tertiary/aromatic N) is 2. The summed E-state index contributed by atoms with van der Waals surface area (Å²) in [5.41, 5.74) is 2.53. The molecule has 0 N–H and O–H groups in total. The van der Waals surface area contributed by atoms with Gasteiger partial charge in [0.15, 0.2) is 0 Å². The monoisotopic (exact) mass is 392 g/mol. The smallest absolute Gasteiger partial charge is 0.267 e. The van der Waals surface area contributed by atoms with Crippen LogP contribution in [0.15, 0.2) is 65.0 Å². The molecule has 0 unspecified atom stereocenters. The van der Waals surface area contributed by atoms with E-state index in [1.54, 1.807) is 10.9 Å². The number of rotatable bonds is 6. The van der Waals surface area contributed by atoms with Crippen molar-refractivity contribution < 1.29 is 9.47 Å². The standard InChI is InChI=1S/C22H20N2O3S/c1-3-26-17-9-5-15(6-10-17)19-13-28-21-20(19)22(25)24(14-23-21)16-7-11-18(12-8-16)27-4-2/h5-14H,3-4H2,1-2H3. The van der Waals surface area contributed by atoms with Crippen LogP contribution in [0.25, 0.3) is 27.0 Å². The summed E-state index contributed by atoms with van der Waals surface area (Å²) in [6.07, 6.45) is 1.58. The first-order chi connectivity index (χ1) is 13.7. The van der Waals surface area contributed by atoms with Crippen molar-refractivity contribution in [2.45, 2.75) is 13.8 Å². The van der Waals surface area contributed by atoms with Crippen LogP contribution >= 0.6 is 11.3 Å². The van der Waals surface area contributed by atoms with Gasteiger partial charge in [-0.25, -0.2) is 4.98 Å². The van der Waals surface area contributed by atoms with E-state index < -0.39 is 0 Å². The van der Waals surface area contributed by atoms with E-state index in [0.29, 0.717) is 18.6 Å². The van der Waals surface area contributed by atoms with Gasteiger partial charge in [-0.2, -0.15) is 0 Å². The van der Waals surface area contributed by atoms with Crippen LogP contribution in [-0.2, 0) is 0 Å². The summed E-state index contributed by atoms with van der Waals surface area (Å²) in [5.74, 6) is 1.59. The topological polar surface area (TPSA) is 53.4 Å². The maximum Gasteiger partial charge on any atom is 0.267 e. The zero-order valence-electron chi connectivity index (χ0n) is 15.7. The third kappa shape index (κ3) is 3.39. The number of benzene rings is 2. The van der Waals surface area contributed by atoms with Gasteiger partial charge < -0.3 is 9.47 Å². The highest BCUT2D eigenvalue weighted by atomic mass is 32.1. The third-order valence-corrected chi connectivity index (χ3v) is 5.28. The molecule has 0 atom stereocenters. The summed E-state index contributed by atoms with van der Waals surface area (Å²) < 4.78 is 12.6. The third-order valence-electron chi connectivity index (χ3n) is 4.40. The van der Waals surface area contributed by atoms with Crippen molar-refractivity contribution in [3.8, 4) is 28.3 Å². The predicted molar refractivity (Wildman–Crippen MR) is 113 cm³/mol. The van der Waals surface area contributed by atoms with E-state index >= 15 is 0 Å². The van der Waals surface area contributed by atoms with Crippen LogP contribution in [0.4, 0.5) is 0 Å². The molecule has 6 heteroatoms. The predicted octanol–water partition coefficient (Wildman–Crippen LogP) is 4.91. The van der Waals surface area contributed by atoms with Crippen LogP contribution < -0.4 is 15.0 Å². The van der Waals surface area contributed by atoms with E-state index in [0.717, 1.165) is 33.1 Å². The van der Waals surface area contributed by atoms with Crippen LogP contribution in [0.3, 0.4) is 0 Å². The molecule has 0 aliphatic carbocycles. The van der Waals surface area contributed by atoms with Gasteiger partial charge >= 0.3 is 0 Å². The molecular weight excluding hydrogens is 372 g/mol. The van der Waals surface area contributed by atoms with Crippen molar-refractivity contribution in [3.05, 3.63) is 70.6 Å². The molecule has 5 nitrogen and oxygen atoms in total. The van der Waals surface area contributed by atoms with Crippen LogP contribution in [0.2, 0.25) is 0 Å². The molecule has 0 saturated heterocycles. The molecule has 0 aliphatic heterocycles. The summed E-state index contributed by atoms with van der Waals surface area (Å²) >= 11 is 1.47. The van der Waals surface area contributed by atoms with Crippen molar-refractivity contribution in [1.29, 1.82) is 0 Å². The van der Waals surface area contributed by atoms with Crippen LogP contribution in [-0.4, -0.2) is 22.8 Å². The number of thiophene rings is 1. The maximum absolute atomic E-state index is 13.2. The Hall–Kier alpha value is -3.12. The molecule has 2 aromatic heterocycles. The van der Waals surface area contributed by atoms with Gasteiger partial charge in [-0.05, 0) is 55.8 Å². The zero-order chi connectivity index (χ0) is 19.5. The van der Waals surface area contributed by atoms with Gasteiger partial charge in [0.2, 0.25) is 0 Å². The second-order valence-corrected chi connectivity index (χ2v) is 6.99. The van der Waals surface area contributed by atoms with Gasteiger partial charge in [-0.1, -0.05) is 12.1 Å². The van der Waals surface area contributed by atoms with Gasteiger partial charge in [-0.15, -0.1) is 11.3 Å². The van der Waals surface area contributed by atoms with E-state index in [9.17, 15) is 4.79 Å². The molecule has 0 radical (unpaired) electrons. The van der Waals surface area contributed by atoms with Crippen molar-refractivity contribution in [3.63, 3.8) is 0 Å². The van der Waals surface area contributed by atoms with Crippen molar-refractivity contribution in [2.75, 3.05) is 13.2 Å². The van der Waals surface area contributed by atoms with E-state index in [1.807, 2.05) is 67.8 Å². The Balaban J connectivity index is 1.78. The number of fused-ring (bicyclic) bond motifs is 1. The van der Waals surface area contributed by atoms with Gasteiger partial charge in [0.05, 0.1) is 24.3 Å². The highest BCUT2D eigenvalue weighted by molar-refractivity contribution is 7.17. The minimum absolute atomic E-state index is 0.0840. The summed E-state index contributed by atoms with van der Waals surface area (Å²) in [6, 6.07) is 15.2. The summed E-state index contributed by atoms with van der Waals surface area (Å²) in [7, 11) is 0. The van der Waals surface area contributed by atoms with Gasteiger partial charge in [0.1, 0.15) is 22.7 Å². The van der Waals surface area contributed by atoms with E-state index in [1.165, 1.54) is 11.3 Å². The molecule has 2 heterocycles. The molecule has 2 aromatic carbocycles. The molecule has 0 bridgehead atoms. The zero-order valence-corrected chi connectivity index (χ0v) is 16.5. The number of aromatic nitrogens is 2. The Morgan fingerprint density at radius 3 is 2.14 bits per heavy atom. The minimum atomic E-state index is -0.0840. The quantitative estimate of drug-likeness (QED) is 0.468. The van der Waals surface area contributed by atoms with Crippen molar-refractivity contribution >= 4 is 21.6 Å². The molecule has 4 rings (SSSR count). The highest BCUT2D eigenvalue weighted by Gasteiger charge is 2.14. The van der Waals surface area contributed by atoms with Gasteiger partial charge in [-0.3, -0.25) is 9.36 Å². The molecule has 0 amide bonds. The number of ether oxygens (including phenoxy) is 2. The molecule has 28 heavy (non-hydrogen) atoms. The molecule has 0 spiro atoms. The normalized spacial score (nSPS) is 10.9. The fourth-order valence-corrected chi connectivity index (χ4v) is 4.00. The first kappa shape index (κ1) is 18.3. The summed E-state index contributed by atoms with van der Waals surface area (Å²) in [4.78, 5) is 18.5. The van der Waals surface area contributed by atoms with Gasteiger partial charge in [0, 0.05) is 10.9 Å². The Morgan fingerprint density at radius 2 is 1.54 bits per heavy atom. The summed E-state index contributed by atoms with van der Waals surface area (Å²) in [5, 5.41) is 2.61. The van der Waals surface area contributed by atoms with Crippen LogP contribution in [0.5, 0.6) is 11.5 Å². The summed E-state index contributed by atoms with van der Waals surface area (Å²) in [6.45, 7) is 5.12. The maximum atomic E-state index is 13.2. The fourth-order valence-electron chi connectivity index (χ4n) is 3.10. The fraction of sp³-hybridized carbons (Fsp3) is 0.182. The Bertz CT molecular complexity index is 1150. The largest absolute Gasteiger partial charge is 0.494 e. The Morgan fingerprint density at radius 1 is 0.929 bits per heavy atom. The molecule has 142 valence electrons. The average molecular weight is 392 g/mol. The number of hydrogen-bond donors (Lipinski definition) is 0. The second kappa shape index (κ2) is 7.86. The Kier molecular flexibility index (Phi) is 5.12. The molecule has 0 aliphatic rings. The molecular formula is C22H20N2O3S. The first-order valence-corrected chi connectivity index (χ1v) is 10.0. The SMILES string of the molecule is CCOc1ccc(-c2csc3ncn(-c4ccc(OCC)cc4)c(=O)c23)cc1. The lowest BCUT2D eigenvalue weighted by Gasteiger charge is -2.08. The first-order valence-electron chi connectivity index (χ1n) is 9.16. The molecule has 4 aromatic rings. The van der Waals surface area contributed by atoms with Crippen molar-refractivity contribution in [1.82, 2.24) is 9.55 Å². The molecule has 0 fully saturated rings. The van der Waals surface area contributed by atoms with Crippen molar-refractivity contribution in [2.24, 2.45) is 0 Å². The van der Waals surface area contributed by atoms with E-state index in [-0.39, 0.29) is 5.56 Å². The lowest BCUT2D eigenvalue weighted by Crippen LogP contribution is -2.18. The van der Waals surface area contributed by atoms with Crippen LogP contribution in [0, 0.1) is 0 Å². The minimum Gasteiger partial charge on any atom is -0.494 e. The molecule has 0 saturated carbocycles. The number of hydrogen-bond acceptors (Lipinski definition) is 5. The lowest BCUT2D eigenvalue weighted by atomic mass is 10.1. The van der Waals surface area contributed by atoms with E-state index in [2.05, 4.69) is 4.98 Å². The highest BCUT2D eigenvalue weighted by Crippen LogP contribution is 2.32. The van der Waals surface area contributed by atoms with E-state index in [4.69, 9.17) is 9.47 Å².